The van der Waals surface area contributed by atoms with Gasteiger partial charge < -0.3 is 14.7 Å². The van der Waals surface area contributed by atoms with Crippen LogP contribution >= 0.6 is 11.6 Å². The summed E-state index contributed by atoms with van der Waals surface area (Å²) in [5, 5.41) is 15.3. The van der Waals surface area contributed by atoms with E-state index in [1.54, 1.807) is 0 Å². The molecule has 0 aliphatic rings. The second kappa shape index (κ2) is 12.6. The van der Waals surface area contributed by atoms with Crippen molar-refractivity contribution in [2.75, 3.05) is 26.2 Å². The zero-order valence-electron chi connectivity index (χ0n) is 22.2. The highest BCUT2D eigenvalue weighted by molar-refractivity contribution is 6.30. The van der Waals surface area contributed by atoms with Crippen LogP contribution in [0.3, 0.4) is 0 Å². The molecule has 4 aromatic carbocycles. The zero-order valence-corrected chi connectivity index (χ0v) is 23.0. The molecule has 4 rings (SSSR count). The Kier molecular flexibility index (Phi) is 9.26. The fourth-order valence-electron chi connectivity index (χ4n) is 4.94. The van der Waals surface area contributed by atoms with Crippen molar-refractivity contribution in [3.63, 3.8) is 0 Å². The Morgan fingerprint density at radius 1 is 0.811 bits per heavy atom. The molecule has 0 fully saturated rings. The van der Waals surface area contributed by atoms with Gasteiger partial charge >= 0.3 is 0 Å². The second-order valence-electron chi connectivity index (χ2n) is 9.81. The van der Waals surface area contributed by atoms with Gasteiger partial charge in [0, 0.05) is 11.6 Å². The minimum absolute atomic E-state index is 0.606. The number of aryl methyl sites for hydroxylation is 2. The van der Waals surface area contributed by atoms with E-state index >= 15 is 0 Å². The lowest BCUT2D eigenvalue weighted by molar-refractivity contribution is 0.0689. The van der Waals surface area contributed by atoms with Crippen LogP contribution < -0.4 is 4.74 Å². The van der Waals surface area contributed by atoms with Crippen molar-refractivity contribution in [1.82, 2.24) is 4.90 Å². The summed E-state index contributed by atoms with van der Waals surface area (Å²) in [6.07, 6.45) is 2.32. The van der Waals surface area contributed by atoms with Crippen molar-refractivity contribution in [2.45, 2.75) is 45.6 Å². The van der Waals surface area contributed by atoms with E-state index in [-0.39, 0.29) is 0 Å². The van der Waals surface area contributed by atoms with Gasteiger partial charge in [0.15, 0.2) is 0 Å². The topological polar surface area (TPSA) is 32.7 Å². The number of nitrogens with zero attached hydrogens (tertiary/aromatic N) is 1. The summed E-state index contributed by atoms with van der Waals surface area (Å²) in [5.41, 5.74) is 3.14. The summed E-state index contributed by atoms with van der Waals surface area (Å²) in [5.74, 6) is 0.827. The summed E-state index contributed by atoms with van der Waals surface area (Å²) in [6, 6.07) is 28.7. The minimum Gasteiger partial charge on any atom is -0.492 e. The Labute approximate surface area is 226 Å². The summed E-state index contributed by atoms with van der Waals surface area (Å²) in [7, 11) is 0. The maximum Gasteiger partial charge on any atom is 0.119 e. The molecule has 0 saturated carbocycles. The molecular weight excluding hydrogens is 478 g/mol. The van der Waals surface area contributed by atoms with Gasteiger partial charge in [-0.05, 0) is 97.1 Å². The Balaban J connectivity index is 1.57. The molecular formula is C33H38ClNO2. The van der Waals surface area contributed by atoms with Crippen LogP contribution in [0.5, 0.6) is 5.75 Å². The molecule has 0 amide bonds. The van der Waals surface area contributed by atoms with Crippen LogP contribution in [0.2, 0.25) is 5.02 Å². The van der Waals surface area contributed by atoms with Crippen LogP contribution in [0, 0.1) is 6.92 Å². The standard InChI is InChI=1S/C33H38ClNO2/c1-4-35(5-2)21-22-37-32-18-14-29(15-19-32)33(36,20-6-7-26-9-16-31(34)17-10-26)30-13-12-27-23-25(3)8-11-28(27)24-30/h8-19,23-24,36H,4-7,20-22H2,1-3H3. The summed E-state index contributed by atoms with van der Waals surface area (Å²) < 4.78 is 6.00. The molecule has 1 atom stereocenters. The molecule has 4 heteroatoms. The van der Waals surface area contributed by atoms with Gasteiger partial charge in [-0.15, -0.1) is 0 Å². The molecule has 194 valence electrons. The Hall–Kier alpha value is -2.85. The van der Waals surface area contributed by atoms with Crippen molar-refractivity contribution in [3.05, 3.63) is 112 Å². The van der Waals surface area contributed by atoms with E-state index in [4.69, 9.17) is 16.3 Å². The van der Waals surface area contributed by atoms with E-state index < -0.39 is 5.60 Å². The first-order chi connectivity index (χ1) is 17.9. The molecule has 0 aliphatic carbocycles. The molecule has 0 radical (unpaired) electrons. The monoisotopic (exact) mass is 515 g/mol. The van der Waals surface area contributed by atoms with Crippen molar-refractivity contribution in [1.29, 1.82) is 0 Å². The first-order valence-electron chi connectivity index (χ1n) is 13.3. The lowest BCUT2D eigenvalue weighted by atomic mass is 9.81. The summed E-state index contributed by atoms with van der Waals surface area (Å²) in [4.78, 5) is 2.34. The van der Waals surface area contributed by atoms with Crippen molar-refractivity contribution in [2.24, 2.45) is 0 Å². The Bertz CT molecular complexity index is 1280. The summed E-state index contributed by atoms with van der Waals surface area (Å²) in [6.45, 7) is 10.0. The van der Waals surface area contributed by atoms with Gasteiger partial charge in [0.2, 0.25) is 0 Å². The van der Waals surface area contributed by atoms with E-state index in [1.165, 1.54) is 16.5 Å². The van der Waals surface area contributed by atoms with Gasteiger partial charge in [0.25, 0.3) is 0 Å². The number of rotatable bonds is 12. The van der Waals surface area contributed by atoms with E-state index in [0.29, 0.717) is 13.0 Å². The van der Waals surface area contributed by atoms with Crippen molar-refractivity contribution < 1.29 is 9.84 Å². The second-order valence-corrected chi connectivity index (χ2v) is 10.2. The predicted molar refractivity (Wildman–Crippen MR) is 156 cm³/mol. The minimum atomic E-state index is -1.11. The van der Waals surface area contributed by atoms with Gasteiger partial charge in [-0.25, -0.2) is 0 Å². The maximum absolute atomic E-state index is 12.2. The quantitative estimate of drug-likeness (QED) is 0.209. The first kappa shape index (κ1) is 27.2. The largest absolute Gasteiger partial charge is 0.492 e. The predicted octanol–water partition coefficient (Wildman–Crippen LogP) is 7.78. The number of ether oxygens (including phenoxy) is 1. The van der Waals surface area contributed by atoms with Gasteiger partial charge in [-0.2, -0.15) is 0 Å². The first-order valence-corrected chi connectivity index (χ1v) is 13.7. The Morgan fingerprint density at radius 3 is 2.16 bits per heavy atom. The van der Waals surface area contributed by atoms with Crippen LogP contribution in [-0.4, -0.2) is 36.2 Å². The smallest absolute Gasteiger partial charge is 0.119 e. The van der Waals surface area contributed by atoms with E-state index in [0.717, 1.165) is 59.8 Å². The van der Waals surface area contributed by atoms with Crippen LogP contribution in [0.15, 0.2) is 84.9 Å². The number of benzene rings is 4. The number of likely N-dealkylation sites (N-methyl/N-ethyl adjacent to an activating group) is 1. The molecule has 4 aromatic rings. The normalized spacial score (nSPS) is 13.1. The highest BCUT2D eigenvalue weighted by atomic mass is 35.5. The SMILES string of the molecule is CCN(CC)CCOc1ccc(C(O)(CCCc2ccc(Cl)cc2)c2ccc3cc(C)ccc3c2)cc1. The highest BCUT2D eigenvalue weighted by Crippen LogP contribution is 2.37. The maximum atomic E-state index is 12.2. The van der Waals surface area contributed by atoms with E-state index in [1.807, 2.05) is 36.4 Å². The van der Waals surface area contributed by atoms with Gasteiger partial charge in [0.05, 0.1) is 0 Å². The van der Waals surface area contributed by atoms with Crippen LogP contribution in [-0.2, 0) is 12.0 Å². The Morgan fingerprint density at radius 2 is 1.46 bits per heavy atom. The number of fused-ring (bicyclic) bond motifs is 1. The average Bonchev–Trinajstić information content (AvgIpc) is 2.92. The highest BCUT2D eigenvalue weighted by Gasteiger charge is 2.31. The number of halogens is 1. The summed E-state index contributed by atoms with van der Waals surface area (Å²) >= 11 is 6.06. The molecule has 0 spiro atoms. The lowest BCUT2D eigenvalue weighted by Crippen LogP contribution is -2.28. The molecule has 1 unspecified atom stereocenters. The number of hydrogen-bond donors (Lipinski definition) is 1. The molecule has 0 heterocycles. The van der Waals surface area contributed by atoms with Crippen molar-refractivity contribution >= 4 is 22.4 Å². The molecule has 0 aromatic heterocycles. The molecule has 37 heavy (non-hydrogen) atoms. The lowest BCUT2D eigenvalue weighted by Gasteiger charge is -2.30. The van der Waals surface area contributed by atoms with Crippen LogP contribution in [0.25, 0.3) is 10.8 Å². The fourth-order valence-corrected chi connectivity index (χ4v) is 5.06. The third-order valence-corrected chi connectivity index (χ3v) is 7.55. The van der Waals surface area contributed by atoms with Gasteiger partial charge in [0.1, 0.15) is 18.0 Å². The van der Waals surface area contributed by atoms with Crippen molar-refractivity contribution in [3.8, 4) is 5.75 Å². The number of aliphatic hydroxyl groups is 1. The zero-order chi connectivity index (χ0) is 26.3. The molecule has 0 saturated heterocycles. The van der Waals surface area contributed by atoms with Crippen LogP contribution in [0.4, 0.5) is 0 Å². The fraction of sp³-hybridized carbons (Fsp3) is 0.333. The van der Waals surface area contributed by atoms with Gasteiger partial charge in [-0.3, -0.25) is 0 Å². The molecule has 3 nitrogen and oxygen atoms in total. The van der Waals surface area contributed by atoms with Gasteiger partial charge in [-0.1, -0.05) is 85.6 Å². The molecule has 0 aliphatic heterocycles. The number of hydrogen-bond acceptors (Lipinski definition) is 3. The third kappa shape index (κ3) is 6.93. The molecule has 0 bridgehead atoms. The average molecular weight is 516 g/mol. The van der Waals surface area contributed by atoms with E-state index in [9.17, 15) is 5.11 Å². The van der Waals surface area contributed by atoms with E-state index in [2.05, 4.69) is 74.2 Å². The van der Waals surface area contributed by atoms with Crippen LogP contribution in [0.1, 0.15) is 48.9 Å². The molecule has 1 N–H and O–H groups in total. The third-order valence-electron chi connectivity index (χ3n) is 7.29.